The maximum atomic E-state index is 12.6. The number of fused-ring (bicyclic) bond motifs is 1. The van der Waals surface area contributed by atoms with Gasteiger partial charge in [-0.05, 0) is 49.7 Å². The van der Waals surface area contributed by atoms with Crippen LogP contribution in [0.15, 0.2) is 46.1 Å². The Morgan fingerprint density at radius 3 is 2.67 bits per heavy atom. The lowest BCUT2D eigenvalue weighted by atomic mass is 10.0. The number of pyridine rings is 1. The second-order valence-electron chi connectivity index (χ2n) is 9.05. The molecule has 0 amide bonds. The van der Waals surface area contributed by atoms with E-state index in [1.165, 1.54) is 17.8 Å². The van der Waals surface area contributed by atoms with Crippen molar-refractivity contribution in [1.82, 2.24) is 24.3 Å². The molecule has 1 atom stereocenters. The van der Waals surface area contributed by atoms with Crippen molar-refractivity contribution in [3.63, 3.8) is 0 Å². The lowest BCUT2D eigenvalue weighted by molar-refractivity contribution is 0.169. The highest BCUT2D eigenvalue weighted by Gasteiger charge is 2.29. The first-order valence-corrected chi connectivity index (χ1v) is 11.6. The van der Waals surface area contributed by atoms with E-state index in [0.29, 0.717) is 37.0 Å². The van der Waals surface area contributed by atoms with Gasteiger partial charge < -0.3 is 19.7 Å². The van der Waals surface area contributed by atoms with Gasteiger partial charge in [-0.3, -0.25) is 18.7 Å². The zero-order valence-electron chi connectivity index (χ0n) is 18.4. The first kappa shape index (κ1) is 20.4. The topological polar surface area (TPSA) is 90.6 Å². The Kier molecular flexibility index (Phi) is 5.15. The van der Waals surface area contributed by atoms with Crippen molar-refractivity contribution >= 4 is 11.2 Å². The van der Waals surface area contributed by atoms with Gasteiger partial charge in [-0.15, -0.1) is 0 Å². The molecule has 1 N–H and O–H groups in total. The fourth-order valence-electron chi connectivity index (χ4n) is 5.24. The summed E-state index contributed by atoms with van der Waals surface area (Å²) in [6.07, 6.45) is 3.46. The van der Waals surface area contributed by atoms with Gasteiger partial charge in [0.25, 0.3) is 11.1 Å². The Balaban J connectivity index is 1.06. The summed E-state index contributed by atoms with van der Waals surface area (Å²) < 4.78 is 14.7. The molecule has 5 heterocycles. The molecule has 172 valence electrons. The Labute approximate surface area is 190 Å². The average molecular weight is 450 g/mol. The fraction of sp³-hybridized carbons (Fsp3) is 0.458. The van der Waals surface area contributed by atoms with Gasteiger partial charge in [0.05, 0.1) is 12.2 Å². The number of nitrogens with zero attached hydrogens (tertiary/aromatic N) is 4. The highest BCUT2D eigenvalue weighted by molar-refractivity contribution is 5.71. The van der Waals surface area contributed by atoms with E-state index >= 15 is 0 Å². The predicted octanol–water partition coefficient (Wildman–Crippen LogP) is 1.14. The molecule has 0 saturated carbocycles. The van der Waals surface area contributed by atoms with Crippen molar-refractivity contribution in [2.24, 2.45) is 0 Å². The maximum Gasteiger partial charge on any atom is 0.270 e. The van der Waals surface area contributed by atoms with Crippen LogP contribution in [0.4, 0.5) is 0 Å². The van der Waals surface area contributed by atoms with Crippen LogP contribution in [0.2, 0.25) is 0 Å². The number of rotatable bonds is 5. The van der Waals surface area contributed by atoms with E-state index in [4.69, 9.17) is 9.47 Å². The molecule has 9 heteroatoms. The molecule has 1 unspecified atom stereocenters. The summed E-state index contributed by atoms with van der Waals surface area (Å²) in [7, 11) is 0. The fourth-order valence-corrected chi connectivity index (χ4v) is 5.24. The van der Waals surface area contributed by atoms with Crippen LogP contribution in [0.25, 0.3) is 11.2 Å². The van der Waals surface area contributed by atoms with Gasteiger partial charge in [-0.2, -0.15) is 0 Å². The highest BCUT2D eigenvalue weighted by atomic mass is 16.6. The minimum Gasteiger partial charge on any atom is -0.486 e. The molecule has 0 bridgehead atoms. The second kappa shape index (κ2) is 8.31. The van der Waals surface area contributed by atoms with Gasteiger partial charge >= 0.3 is 0 Å². The summed E-state index contributed by atoms with van der Waals surface area (Å²) in [4.78, 5) is 31.5. The largest absolute Gasteiger partial charge is 0.486 e. The van der Waals surface area contributed by atoms with Crippen LogP contribution < -0.4 is 25.9 Å². The molecule has 3 aliphatic rings. The van der Waals surface area contributed by atoms with Crippen LogP contribution in [0.1, 0.15) is 24.4 Å². The van der Waals surface area contributed by atoms with Crippen molar-refractivity contribution in [1.29, 1.82) is 0 Å². The Hall–Kier alpha value is -3.17. The molecular formula is C24H27N5O4. The first-order chi connectivity index (χ1) is 16.2. The molecule has 0 spiro atoms. The van der Waals surface area contributed by atoms with Crippen molar-refractivity contribution in [2.75, 3.05) is 32.8 Å². The average Bonchev–Trinajstić information content (AvgIpc) is 3.23. The summed E-state index contributed by atoms with van der Waals surface area (Å²) in [6.45, 7) is 5.21. The normalized spacial score (nSPS) is 20.4. The Bertz CT molecular complexity index is 1300. The van der Waals surface area contributed by atoms with Crippen molar-refractivity contribution in [3.05, 3.63) is 62.8 Å². The quantitative estimate of drug-likeness (QED) is 0.625. The summed E-state index contributed by atoms with van der Waals surface area (Å²) in [6, 6.07) is 9.77. The van der Waals surface area contributed by atoms with E-state index in [1.54, 1.807) is 15.2 Å². The third kappa shape index (κ3) is 3.81. The molecule has 1 fully saturated rings. The van der Waals surface area contributed by atoms with Gasteiger partial charge in [0, 0.05) is 31.7 Å². The first-order valence-electron chi connectivity index (χ1n) is 11.6. The number of hydrogen-bond acceptors (Lipinski definition) is 7. The number of hydrogen-bond donors (Lipinski definition) is 1. The maximum absolute atomic E-state index is 12.6. The highest BCUT2D eigenvalue weighted by Crippen LogP contribution is 2.31. The third-order valence-corrected chi connectivity index (χ3v) is 6.93. The summed E-state index contributed by atoms with van der Waals surface area (Å²) in [5, 5.41) is 3.67. The summed E-state index contributed by atoms with van der Waals surface area (Å²) in [5.41, 5.74) is 2.32. The number of likely N-dealkylation sites (tertiary alicyclic amines) is 1. The van der Waals surface area contributed by atoms with Gasteiger partial charge in [0.1, 0.15) is 24.4 Å². The van der Waals surface area contributed by atoms with E-state index in [9.17, 15) is 9.59 Å². The van der Waals surface area contributed by atoms with Crippen LogP contribution >= 0.6 is 0 Å². The molecule has 2 aromatic heterocycles. The Morgan fingerprint density at radius 2 is 1.82 bits per heavy atom. The Morgan fingerprint density at radius 1 is 1.00 bits per heavy atom. The van der Waals surface area contributed by atoms with E-state index in [0.717, 1.165) is 50.5 Å². The lowest BCUT2D eigenvalue weighted by Crippen LogP contribution is -2.44. The van der Waals surface area contributed by atoms with Crippen LogP contribution in [0.3, 0.4) is 0 Å². The van der Waals surface area contributed by atoms with Crippen LogP contribution in [-0.4, -0.2) is 57.9 Å². The molecule has 3 aliphatic heterocycles. The minimum atomic E-state index is -0.139. The van der Waals surface area contributed by atoms with Gasteiger partial charge in [0.2, 0.25) is 0 Å². The van der Waals surface area contributed by atoms with E-state index < -0.39 is 0 Å². The zero-order chi connectivity index (χ0) is 22.4. The molecule has 33 heavy (non-hydrogen) atoms. The number of nitrogens with one attached hydrogen (secondary N) is 1. The van der Waals surface area contributed by atoms with Crippen molar-refractivity contribution < 1.29 is 9.47 Å². The van der Waals surface area contributed by atoms with Gasteiger partial charge in [0.15, 0.2) is 11.5 Å². The van der Waals surface area contributed by atoms with Gasteiger partial charge in [-0.1, -0.05) is 6.07 Å². The zero-order valence-corrected chi connectivity index (χ0v) is 18.4. The van der Waals surface area contributed by atoms with E-state index in [2.05, 4.69) is 27.3 Å². The molecule has 0 radical (unpaired) electrons. The van der Waals surface area contributed by atoms with Crippen molar-refractivity contribution in [3.8, 4) is 11.5 Å². The van der Waals surface area contributed by atoms with Gasteiger partial charge in [-0.25, -0.2) is 4.98 Å². The standard InChI is InChI=1S/C24H27N5O4/c30-22-4-2-19-24-28(22)15-18(29(24)23(31)13-26-19)14-27-7-5-17(6-8-27)25-12-16-1-3-20-21(11-16)33-10-9-32-20/h1-4,11,13,17-18,25H,5-10,12,14-15H2. The molecule has 3 aromatic rings. The predicted molar refractivity (Wildman–Crippen MR) is 123 cm³/mol. The molecule has 1 aromatic carbocycles. The molecule has 9 nitrogen and oxygen atoms in total. The number of piperidine rings is 1. The van der Waals surface area contributed by atoms with Crippen LogP contribution in [0, 0.1) is 0 Å². The molecule has 0 aliphatic carbocycles. The summed E-state index contributed by atoms with van der Waals surface area (Å²) >= 11 is 0. The minimum absolute atomic E-state index is 0.0414. The van der Waals surface area contributed by atoms with Crippen LogP contribution in [0.5, 0.6) is 11.5 Å². The van der Waals surface area contributed by atoms with E-state index in [-0.39, 0.29) is 17.2 Å². The molecule has 6 rings (SSSR count). The van der Waals surface area contributed by atoms with E-state index in [1.807, 2.05) is 6.07 Å². The van der Waals surface area contributed by atoms with Crippen LogP contribution in [-0.2, 0) is 13.1 Å². The second-order valence-corrected chi connectivity index (χ2v) is 9.05. The summed E-state index contributed by atoms with van der Waals surface area (Å²) in [5.74, 6) is 1.65. The molecule has 1 saturated heterocycles. The number of aromatic nitrogens is 3. The molecular weight excluding hydrogens is 422 g/mol. The third-order valence-electron chi connectivity index (χ3n) is 6.93. The number of benzene rings is 1. The monoisotopic (exact) mass is 449 g/mol. The smallest absolute Gasteiger partial charge is 0.270 e. The SMILES string of the molecule is O=c1ccc2ncc(=O)n3c2n1CC3CN1CCC(NCc2ccc3c(c2)OCCO3)CC1. The lowest BCUT2D eigenvalue weighted by Gasteiger charge is -2.34. The van der Waals surface area contributed by atoms with Crippen molar-refractivity contribution in [2.45, 2.75) is 38.0 Å². The number of ether oxygens (including phenoxy) is 2.